The molecule has 0 radical (unpaired) electrons. The lowest BCUT2D eigenvalue weighted by molar-refractivity contribution is 0.324. The van der Waals surface area contributed by atoms with E-state index in [4.69, 9.17) is 23.7 Å². The van der Waals surface area contributed by atoms with E-state index in [1.807, 2.05) is 12.1 Å². The summed E-state index contributed by atoms with van der Waals surface area (Å²) >= 11 is 0. The lowest BCUT2D eigenvalue weighted by Gasteiger charge is -2.14. The van der Waals surface area contributed by atoms with Crippen molar-refractivity contribution < 1.29 is 32.1 Å². The van der Waals surface area contributed by atoms with Gasteiger partial charge in [-0.25, -0.2) is 8.42 Å². The highest BCUT2D eigenvalue weighted by molar-refractivity contribution is 7.92. The molecule has 0 atom stereocenters. The number of para-hydroxylation sites is 1. The number of sulfonamides is 1. The van der Waals surface area contributed by atoms with E-state index in [1.165, 1.54) is 33.5 Å². The van der Waals surface area contributed by atoms with Crippen LogP contribution in [0.15, 0.2) is 59.5 Å². The Kier molecular flexibility index (Phi) is 7.91. The molecule has 1 N–H and O–H groups in total. The van der Waals surface area contributed by atoms with E-state index in [0.29, 0.717) is 40.0 Å². The van der Waals surface area contributed by atoms with E-state index in [1.54, 1.807) is 56.7 Å². The van der Waals surface area contributed by atoms with Crippen molar-refractivity contribution in [1.29, 1.82) is 0 Å². The van der Waals surface area contributed by atoms with Crippen molar-refractivity contribution in [3.05, 3.63) is 65.7 Å². The molecule has 0 saturated heterocycles. The molecule has 0 saturated carbocycles. The van der Waals surface area contributed by atoms with Gasteiger partial charge in [0, 0.05) is 6.07 Å². The first-order chi connectivity index (χ1) is 16.4. The van der Waals surface area contributed by atoms with Gasteiger partial charge in [-0.05, 0) is 41.5 Å². The second kappa shape index (κ2) is 10.8. The van der Waals surface area contributed by atoms with Gasteiger partial charge >= 0.3 is 0 Å². The largest absolute Gasteiger partial charge is 0.493 e. The quantitative estimate of drug-likeness (QED) is 0.416. The van der Waals surface area contributed by atoms with Crippen LogP contribution in [0.2, 0.25) is 0 Å². The predicted molar refractivity (Wildman–Crippen MR) is 132 cm³/mol. The van der Waals surface area contributed by atoms with Crippen LogP contribution < -0.4 is 28.4 Å². The molecule has 0 aliphatic carbocycles. The highest BCUT2D eigenvalue weighted by atomic mass is 32.2. The van der Waals surface area contributed by atoms with E-state index in [0.717, 1.165) is 5.56 Å². The summed E-state index contributed by atoms with van der Waals surface area (Å²) in [4.78, 5) is 0.0496. The van der Waals surface area contributed by atoms with Crippen molar-refractivity contribution in [2.75, 3.05) is 40.3 Å². The molecular formula is C25H27NO7S. The van der Waals surface area contributed by atoms with Crippen molar-refractivity contribution in [2.24, 2.45) is 0 Å². The summed E-state index contributed by atoms with van der Waals surface area (Å²) in [5.41, 5.74) is 1.87. The maximum Gasteiger partial charge on any atom is 0.262 e. The Labute approximate surface area is 199 Å². The summed E-state index contributed by atoms with van der Waals surface area (Å²) in [5, 5.41) is 0. The lowest BCUT2D eigenvalue weighted by atomic mass is 10.1. The fourth-order valence-electron chi connectivity index (χ4n) is 3.31. The van der Waals surface area contributed by atoms with Gasteiger partial charge in [0.15, 0.2) is 23.0 Å². The third-order valence-corrected chi connectivity index (χ3v) is 6.38. The van der Waals surface area contributed by atoms with E-state index in [2.05, 4.69) is 4.72 Å². The van der Waals surface area contributed by atoms with Gasteiger partial charge in [-0.2, -0.15) is 0 Å². The Balaban J connectivity index is 1.93. The minimum Gasteiger partial charge on any atom is -0.493 e. The molecule has 3 aromatic rings. The fourth-order valence-corrected chi connectivity index (χ4v) is 4.41. The molecule has 0 unspecified atom stereocenters. The maximum atomic E-state index is 13.1. The summed E-state index contributed by atoms with van der Waals surface area (Å²) in [7, 11) is 3.68. The molecule has 3 rings (SSSR count). The Hall–Kier alpha value is -3.85. The molecule has 9 heteroatoms. The average Bonchev–Trinajstić information content (AvgIpc) is 2.86. The van der Waals surface area contributed by atoms with Crippen molar-refractivity contribution in [1.82, 2.24) is 0 Å². The zero-order chi connectivity index (χ0) is 24.7. The van der Waals surface area contributed by atoms with Gasteiger partial charge < -0.3 is 23.7 Å². The number of nitrogens with one attached hydrogen (secondary N) is 1. The van der Waals surface area contributed by atoms with Crippen LogP contribution in [-0.2, 0) is 10.0 Å². The molecule has 34 heavy (non-hydrogen) atoms. The van der Waals surface area contributed by atoms with Crippen LogP contribution in [0.3, 0.4) is 0 Å². The SMILES string of the molecule is COc1ccc(S(=O)(=O)Nc2ccccc2/C=C\c2cc(OC)c(OC)c(OC)c2)cc1OC. The number of methoxy groups -OCH3 is 5. The van der Waals surface area contributed by atoms with Crippen LogP contribution in [0.1, 0.15) is 11.1 Å². The van der Waals surface area contributed by atoms with Crippen molar-refractivity contribution in [3.8, 4) is 28.7 Å². The Morgan fingerprint density at radius 2 is 1.29 bits per heavy atom. The first-order valence-electron chi connectivity index (χ1n) is 10.2. The lowest BCUT2D eigenvalue weighted by Crippen LogP contribution is -2.14. The van der Waals surface area contributed by atoms with Gasteiger partial charge in [0.05, 0.1) is 46.1 Å². The van der Waals surface area contributed by atoms with Gasteiger partial charge in [-0.1, -0.05) is 30.4 Å². The Bertz CT molecular complexity index is 1260. The maximum absolute atomic E-state index is 13.1. The third kappa shape index (κ3) is 5.37. The number of hydrogen-bond acceptors (Lipinski definition) is 7. The smallest absolute Gasteiger partial charge is 0.262 e. The Morgan fingerprint density at radius 1 is 0.676 bits per heavy atom. The zero-order valence-corrected chi connectivity index (χ0v) is 20.4. The molecule has 180 valence electrons. The van der Waals surface area contributed by atoms with Crippen LogP contribution in [0, 0.1) is 0 Å². The number of rotatable bonds is 10. The van der Waals surface area contributed by atoms with Gasteiger partial charge in [-0.3, -0.25) is 4.72 Å². The molecule has 0 fully saturated rings. The average molecular weight is 486 g/mol. The number of ether oxygens (including phenoxy) is 5. The molecule has 0 heterocycles. The normalized spacial score (nSPS) is 11.2. The van der Waals surface area contributed by atoms with Crippen molar-refractivity contribution in [3.63, 3.8) is 0 Å². The topological polar surface area (TPSA) is 92.3 Å². The summed E-state index contributed by atoms with van der Waals surface area (Å²) in [6.07, 6.45) is 3.63. The van der Waals surface area contributed by atoms with Crippen molar-refractivity contribution >= 4 is 27.9 Å². The van der Waals surface area contributed by atoms with E-state index in [-0.39, 0.29) is 4.90 Å². The molecule has 0 aliphatic heterocycles. The van der Waals surface area contributed by atoms with Gasteiger partial charge in [-0.15, -0.1) is 0 Å². The van der Waals surface area contributed by atoms with Gasteiger partial charge in [0.2, 0.25) is 5.75 Å². The molecule has 0 aromatic heterocycles. The van der Waals surface area contributed by atoms with Crippen LogP contribution >= 0.6 is 0 Å². The van der Waals surface area contributed by atoms with Gasteiger partial charge in [0.25, 0.3) is 10.0 Å². The monoisotopic (exact) mass is 485 g/mol. The highest BCUT2D eigenvalue weighted by Crippen LogP contribution is 2.39. The number of anilines is 1. The first kappa shape index (κ1) is 24.8. The molecular weight excluding hydrogens is 458 g/mol. The van der Waals surface area contributed by atoms with Crippen molar-refractivity contribution in [2.45, 2.75) is 4.90 Å². The number of benzene rings is 3. The molecule has 0 amide bonds. The molecule has 0 spiro atoms. The van der Waals surface area contributed by atoms with E-state index in [9.17, 15) is 8.42 Å². The van der Waals surface area contributed by atoms with Crippen LogP contribution in [0.25, 0.3) is 12.2 Å². The summed E-state index contributed by atoms with van der Waals surface area (Å²) in [5.74, 6) is 2.29. The van der Waals surface area contributed by atoms with E-state index < -0.39 is 10.0 Å². The summed E-state index contributed by atoms with van der Waals surface area (Å²) in [6.45, 7) is 0. The highest BCUT2D eigenvalue weighted by Gasteiger charge is 2.18. The van der Waals surface area contributed by atoms with Crippen LogP contribution in [0.4, 0.5) is 5.69 Å². The van der Waals surface area contributed by atoms with Gasteiger partial charge in [0.1, 0.15) is 0 Å². The van der Waals surface area contributed by atoms with E-state index >= 15 is 0 Å². The number of hydrogen-bond donors (Lipinski definition) is 1. The minimum absolute atomic E-state index is 0.0496. The zero-order valence-electron chi connectivity index (χ0n) is 19.6. The molecule has 0 aliphatic rings. The Morgan fingerprint density at radius 3 is 1.88 bits per heavy atom. The molecule has 8 nitrogen and oxygen atoms in total. The standard InChI is InChI=1S/C25H27NO7S/c1-29-21-13-12-19(16-22(21)30-2)34(27,28)26-20-9-7-6-8-18(20)11-10-17-14-23(31-3)25(33-5)24(15-17)32-4/h6-16,26H,1-5H3/b11-10-. The second-order valence-corrected chi connectivity index (χ2v) is 8.68. The summed E-state index contributed by atoms with van der Waals surface area (Å²) in [6, 6.07) is 15.1. The minimum atomic E-state index is -3.88. The molecule has 3 aromatic carbocycles. The summed E-state index contributed by atoms with van der Waals surface area (Å²) < 4.78 is 55.3. The molecule has 0 bridgehead atoms. The van der Waals surface area contributed by atoms with Crippen LogP contribution in [-0.4, -0.2) is 44.0 Å². The van der Waals surface area contributed by atoms with Crippen LogP contribution in [0.5, 0.6) is 28.7 Å². The second-order valence-electron chi connectivity index (χ2n) is 7.00. The fraction of sp³-hybridized carbons (Fsp3) is 0.200. The third-order valence-electron chi connectivity index (χ3n) is 5.01. The predicted octanol–water partition coefficient (Wildman–Crippen LogP) is 4.70. The first-order valence-corrected chi connectivity index (χ1v) is 11.7.